The molecule has 0 amide bonds. The maximum atomic E-state index is 10.4. The van der Waals surface area contributed by atoms with Gasteiger partial charge in [-0.2, -0.15) is 0 Å². The molecule has 0 aromatic heterocycles. The van der Waals surface area contributed by atoms with Crippen LogP contribution in [-0.4, -0.2) is 39.5 Å². The molecule has 5 nitrogen and oxygen atoms in total. The van der Waals surface area contributed by atoms with Crippen molar-refractivity contribution in [2.75, 3.05) is 0 Å². The van der Waals surface area contributed by atoms with Crippen LogP contribution in [0.4, 0.5) is 0 Å². The highest BCUT2D eigenvalue weighted by molar-refractivity contribution is 5.71. The van der Waals surface area contributed by atoms with E-state index >= 15 is 0 Å². The van der Waals surface area contributed by atoms with Gasteiger partial charge in [-0.1, -0.05) is 0 Å². The second-order valence-electron chi connectivity index (χ2n) is 2.83. The summed E-state index contributed by atoms with van der Waals surface area (Å²) in [7, 11) is 0. The minimum absolute atomic E-state index is 0.137. The molecule has 0 aliphatic heterocycles. The Bertz CT molecular complexity index is 172. The van der Waals surface area contributed by atoms with Crippen molar-refractivity contribution in [3.8, 4) is 0 Å². The second-order valence-corrected chi connectivity index (χ2v) is 2.83. The Hall–Kier alpha value is -0.650. The van der Waals surface area contributed by atoms with Crippen LogP contribution in [-0.2, 0) is 4.79 Å². The molecule has 4 unspecified atom stereocenters. The standard InChI is InChI=1S/C6H11NO4/c7-3-1-2(6(10)11)4(8)5(3)9/h2-5,8-9H,1,7H2,(H,10,11). The Morgan fingerprint density at radius 3 is 2.09 bits per heavy atom. The molecule has 4 atom stereocenters. The molecular weight excluding hydrogens is 150 g/mol. The third-order valence-electron chi connectivity index (χ3n) is 2.04. The predicted molar refractivity (Wildman–Crippen MR) is 35.7 cm³/mol. The largest absolute Gasteiger partial charge is 0.481 e. The number of aliphatic carboxylic acids is 1. The summed E-state index contributed by atoms with van der Waals surface area (Å²) < 4.78 is 0. The molecule has 0 bridgehead atoms. The van der Waals surface area contributed by atoms with E-state index in [0.29, 0.717) is 0 Å². The van der Waals surface area contributed by atoms with Crippen LogP contribution in [0.15, 0.2) is 0 Å². The van der Waals surface area contributed by atoms with Crippen molar-refractivity contribution >= 4 is 5.97 Å². The lowest BCUT2D eigenvalue weighted by Gasteiger charge is -2.12. The first-order valence-electron chi connectivity index (χ1n) is 3.38. The van der Waals surface area contributed by atoms with Crippen molar-refractivity contribution < 1.29 is 20.1 Å². The van der Waals surface area contributed by atoms with Gasteiger partial charge in [0.25, 0.3) is 0 Å². The lowest BCUT2D eigenvalue weighted by Crippen LogP contribution is -2.36. The van der Waals surface area contributed by atoms with Crippen molar-refractivity contribution in [1.29, 1.82) is 0 Å². The summed E-state index contributed by atoms with van der Waals surface area (Å²) in [6.07, 6.45) is -2.18. The predicted octanol–water partition coefficient (Wildman–Crippen LogP) is -1.86. The first-order valence-corrected chi connectivity index (χ1v) is 3.38. The number of hydrogen-bond acceptors (Lipinski definition) is 4. The summed E-state index contributed by atoms with van der Waals surface area (Å²) in [5, 5.41) is 26.6. The van der Waals surface area contributed by atoms with Crippen molar-refractivity contribution in [3.05, 3.63) is 0 Å². The Labute approximate surface area is 63.4 Å². The SMILES string of the molecule is NC1CC(C(=O)O)C(O)C1O. The summed E-state index contributed by atoms with van der Waals surface area (Å²) >= 11 is 0. The van der Waals surface area contributed by atoms with Gasteiger partial charge >= 0.3 is 5.97 Å². The number of carboxylic acids is 1. The minimum atomic E-state index is -1.22. The van der Waals surface area contributed by atoms with Gasteiger partial charge in [0, 0.05) is 6.04 Å². The molecule has 0 aromatic rings. The van der Waals surface area contributed by atoms with E-state index in [0.717, 1.165) is 0 Å². The highest BCUT2D eigenvalue weighted by Crippen LogP contribution is 2.25. The van der Waals surface area contributed by atoms with Gasteiger partial charge in [0.05, 0.1) is 18.1 Å². The number of nitrogens with two attached hydrogens (primary N) is 1. The van der Waals surface area contributed by atoms with Crippen molar-refractivity contribution in [1.82, 2.24) is 0 Å². The zero-order chi connectivity index (χ0) is 8.59. The molecule has 1 aliphatic rings. The highest BCUT2D eigenvalue weighted by atomic mass is 16.4. The van der Waals surface area contributed by atoms with E-state index in [4.69, 9.17) is 21.1 Å². The van der Waals surface area contributed by atoms with E-state index in [2.05, 4.69) is 0 Å². The van der Waals surface area contributed by atoms with E-state index in [1.54, 1.807) is 0 Å². The summed E-state index contributed by atoms with van der Waals surface area (Å²) in [6.45, 7) is 0. The molecule has 64 valence electrons. The van der Waals surface area contributed by atoms with Crippen molar-refractivity contribution in [2.45, 2.75) is 24.7 Å². The molecule has 0 aromatic carbocycles. The quantitative estimate of drug-likeness (QED) is 0.361. The zero-order valence-electron chi connectivity index (χ0n) is 5.84. The van der Waals surface area contributed by atoms with Crippen LogP contribution < -0.4 is 5.73 Å². The van der Waals surface area contributed by atoms with Crippen molar-refractivity contribution in [2.24, 2.45) is 11.7 Å². The maximum absolute atomic E-state index is 10.4. The van der Waals surface area contributed by atoms with Gasteiger partial charge in [-0.05, 0) is 6.42 Å². The molecule has 1 fully saturated rings. The molecule has 5 heteroatoms. The third kappa shape index (κ3) is 1.35. The van der Waals surface area contributed by atoms with Gasteiger partial charge < -0.3 is 21.1 Å². The van der Waals surface area contributed by atoms with Crippen molar-refractivity contribution in [3.63, 3.8) is 0 Å². The maximum Gasteiger partial charge on any atom is 0.309 e. The Morgan fingerprint density at radius 1 is 1.36 bits per heavy atom. The topological polar surface area (TPSA) is 104 Å². The Morgan fingerprint density at radius 2 is 1.91 bits per heavy atom. The number of aliphatic hydroxyl groups excluding tert-OH is 2. The van der Waals surface area contributed by atoms with E-state index < -0.39 is 30.1 Å². The van der Waals surface area contributed by atoms with Crippen LogP contribution >= 0.6 is 0 Å². The van der Waals surface area contributed by atoms with Crippen LogP contribution in [0.3, 0.4) is 0 Å². The average Bonchev–Trinajstić information content (AvgIpc) is 2.17. The fourth-order valence-electron chi connectivity index (χ4n) is 1.31. The zero-order valence-corrected chi connectivity index (χ0v) is 5.84. The summed E-state index contributed by atoms with van der Waals surface area (Å²) in [5.41, 5.74) is 5.32. The summed E-state index contributed by atoms with van der Waals surface area (Å²) in [5.74, 6) is -2.02. The third-order valence-corrected chi connectivity index (χ3v) is 2.04. The van der Waals surface area contributed by atoms with E-state index in [-0.39, 0.29) is 6.42 Å². The van der Waals surface area contributed by atoms with Gasteiger partial charge in [-0.25, -0.2) is 0 Å². The molecule has 0 radical (unpaired) electrons. The van der Waals surface area contributed by atoms with Crippen LogP contribution in [0, 0.1) is 5.92 Å². The highest BCUT2D eigenvalue weighted by Gasteiger charge is 2.43. The van der Waals surface area contributed by atoms with E-state index in [9.17, 15) is 4.79 Å². The molecule has 0 spiro atoms. The molecule has 0 saturated heterocycles. The first-order chi connectivity index (χ1) is 5.04. The van der Waals surface area contributed by atoms with Crippen LogP contribution in [0.1, 0.15) is 6.42 Å². The molecule has 0 heterocycles. The molecule has 1 saturated carbocycles. The van der Waals surface area contributed by atoms with Gasteiger partial charge in [0.1, 0.15) is 0 Å². The monoisotopic (exact) mass is 161 g/mol. The lowest BCUT2D eigenvalue weighted by molar-refractivity contribution is -0.145. The van der Waals surface area contributed by atoms with E-state index in [1.165, 1.54) is 0 Å². The summed E-state index contributed by atoms with van der Waals surface area (Å²) in [6, 6.07) is -0.619. The van der Waals surface area contributed by atoms with E-state index in [1.807, 2.05) is 0 Å². The molecule has 11 heavy (non-hydrogen) atoms. The van der Waals surface area contributed by atoms with Crippen LogP contribution in [0.5, 0.6) is 0 Å². The number of aliphatic hydroxyl groups is 2. The number of rotatable bonds is 1. The van der Waals surface area contributed by atoms with Gasteiger partial charge in [0.15, 0.2) is 0 Å². The normalized spacial score (nSPS) is 44.3. The molecule has 1 aliphatic carbocycles. The fourth-order valence-corrected chi connectivity index (χ4v) is 1.31. The Balaban J connectivity index is 2.67. The van der Waals surface area contributed by atoms with Gasteiger partial charge in [-0.3, -0.25) is 4.79 Å². The number of hydrogen-bond donors (Lipinski definition) is 4. The summed E-state index contributed by atoms with van der Waals surface area (Å²) in [4.78, 5) is 10.4. The number of carbonyl (C=O) groups is 1. The minimum Gasteiger partial charge on any atom is -0.481 e. The second kappa shape index (κ2) is 2.77. The van der Waals surface area contributed by atoms with Crippen LogP contribution in [0.2, 0.25) is 0 Å². The molecule has 5 N–H and O–H groups in total. The fraction of sp³-hybridized carbons (Fsp3) is 0.833. The van der Waals surface area contributed by atoms with Crippen LogP contribution in [0.25, 0.3) is 0 Å². The smallest absolute Gasteiger partial charge is 0.309 e. The molecular formula is C6H11NO4. The number of carboxylic acid groups (broad SMARTS) is 1. The first kappa shape index (κ1) is 8.45. The molecule has 1 rings (SSSR count). The lowest BCUT2D eigenvalue weighted by atomic mass is 10.1. The Kier molecular flexibility index (Phi) is 2.12. The van der Waals surface area contributed by atoms with Gasteiger partial charge in [0.2, 0.25) is 0 Å². The average molecular weight is 161 g/mol. The van der Waals surface area contributed by atoms with Gasteiger partial charge in [-0.15, -0.1) is 0 Å².